The van der Waals surface area contributed by atoms with Crippen molar-refractivity contribution in [2.75, 3.05) is 4.72 Å². The van der Waals surface area contributed by atoms with Gasteiger partial charge >= 0.3 is 0 Å². The molecule has 0 heterocycles. The summed E-state index contributed by atoms with van der Waals surface area (Å²) in [6, 6.07) is 17.1. The minimum Gasteiger partial charge on any atom is -0.289 e. The molecule has 0 aliphatic rings. The Balaban J connectivity index is 2.02. The van der Waals surface area contributed by atoms with E-state index < -0.39 is 20.7 Å². The van der Waals surface area contributed by atoms with E-state index in [1.807, 2.05) is 0 Å². The standard InChI is InChI=1S/C19H13ClN2O5S/c20-14-9-10-18(17(11-14)19(23)13-5-2-1-3-6-13)21-28(26,27)16-8-4-7-15(12-16)22(24)25/h1-12,21H. The fraction of sp³-hybridized carbons (Fsp3) is 0. The molecule has 0 unspecified atom stereocenters. The Morgan fingerprint density at radius 1 is 0.964 bits per heavy atom. The van der Waals surface area contributed by atoms with Gasteiger partial charge < -0.3 is 0 Å². The first-order valence-electron chi connectivity index (χ1n) is 7.94. The van der Waals surface area contributed by atoms with Gasteiger partial charge in [0.05, 0.1) is 15.5 Å². The second-order valence-electron chi connectivity index (χ2n) is 5.75. The molecule has 0 aromatic heterocycles. The quantitative estimate of drug-likeness (QED) is 0.366. The average molecular weight is 417 g/mol. The van der Waals surface area contributed by atoms with Crippen molar-refractivity contribution < 1.29 is 18.1 Å². The molecule has 0 amide bonds. The number of hydrogen-bond acceptors (Lipinski definition) is 5. The molecule has 0 radical (unpaired) electrons. The molecular weight excluding hydrogens is 404 g/mol. The lowest BCUT2D eigenvalue weighted by atomic mass is 10.0. The smallest absolute Gasteiger partial charge is 0.270 e. The number of non-ortho nitro benzene ring substituents is 1. The summed E-state index contributed by atoms with van der Waals surface area (Å²) in [6.07, 6.45) is 0. The molecule has 142 valence electrons. The number of benzene rings is 3. The topological polar surface area (TPSA) is 106 Å². The third-order valence-electron chi connectivity index (χ3n) is 3.85. The zero-order valence-corrected chi connectivity index (χ0v) is 15.8. The van der Waals surface area contributed by atoms with E-state index in [0.717, 1.165) is 6.07 Å². The molecule has 9 heteroatoms. The molecule has 0 atom stereocenters. The van der Waals surface area contributed by atoms with E-state index >= 15 is 0 Å². The number of nitro benzene ring substituents is 1. The number of rotatable bonds is 6. The number of nitro groups is 1. The van der Waals surface area contributed by atoms with Crippen LogP contribution in [-0.2, 0) is 10.0 Å². The molecule has 0 fully saturated rings. The van der Waals surface area contributed by atoms with Gasteiger partial charge in [-0.15, -0.1) is 0 Å². The molecular formula is C19H13ClN2O5S. The van der Waals surface area contributed by atoms with Crippen molar-refractivity contribution in [2.45, 2.75) is 4.90 Å². The van der Waals surface area contributed by atoms with Crippen molar-refractivity contribution in [3.63, 3.8) is 0 Å². The number of hydrogen-bond donors (Lipinski definition) is 1. The first-order valence-corrected chi connectivity index (χ1v) is 9.80. The second-order valence-corrected chi connectivity index (χ2v) is 7.86. The largest absolute Gasteiger partial charge is 0.289 e. The third kappa shape index (κ3) is 4.19. The highest BCUT2D eigenvalue weighted by Crippen LogP contribution is 2.27. The van der Waals surface area contributed by atoms with Crippen LogP contribution in [0.25, 0.3) is 0 Å². The van der Waals surface area contributed by atoms with Gasteiger partial charge in [-0.05, 0) is 24.3 Å². The van der Waals surface area contributed by atoms with Crippen LogP contribution in [0.2, 0.25) is 5.02 Å². The van der Waals surface area contributed by atoms with Crippen molar-refractivity contribution in [3.8, 4) is 0 Å². The molecule has 3 aromatic carbocycles. The van der Waals surface area contributed by atoms with Gasteiger partial charge in [-0.2, -0.15) is 0 Å². The van der Waals surface area contributed by atoms with Crippen LogP contribution in [0.5, 0.6) is 0 Å². The minimum atomic E-state index is -4.17. The molecule has 3 aromatic rings. The van der Waals surface area contributed by atoms with Gasteiger partial charge in [0.2, 0.25) is 0 Å². The number of carbonyl (C=O) groups excluding carboxylic acids is 1. The van der Waals surface area contributed by atoms with Crippen LogP contribution >= 0.6 is 11.6 Å². The highest BCUT2D eigenvalue weighted by Gasteiger charge is 2.21. The van der Waals surface area contributed by atoms with E-state index in [0.29, 0.717) is 5.56 Å². The van der Waals surface area contributed by atoms with Gasteiger partial charge in [-0.3, -0.25) is 19.6 Å². The summed E-state index contributed by atoms with van der Waals surface area (Å²) in [4.78, 5) is 22.7. The van der Waals surface area contributed by atoms with E-state index in [4.69, 9.17) is 11.6 Å². The van der Waals surface area contributed by atoms with Crippen molar-refractivity contribution in [1.82, 2.24) is 0 Å². The summed E-state index contributed by atoms with van der Waals surface area (Å²) >= 11 is 5.99. The lowest BCUT2D eigenvalue weighted by Crippen LogP contribution is -2.16. The molecule has 0 spiro atoms. The lowest BCUT2D eigenvalue weighted by Gasteiger charge is -2.13. The maximum atomic E-state index is 12.8. The summed E-state index contributed by atoms with van der Waals surface area (Å²) in [5.74, 6) is -0.417. The van der Waals surface area contributed by atoms with Crippen LogP contribution < -0.4 is 4.72 Å². The van der Waals surface area contributed by atoms with Crippen LogP contribution in [-0.4, -0.2) is 19.1 Å². The fourth-order valence-electron chi connectivity index (χ4n) is 2.51. The second kappa shape index (κ2) is 7.79. The zero-order valence-electron chi connectivity index (χ0n) is 14.2. The molecule has 1 N–H and O–H groups in total. The normalized spacial score (nSPS) is 11.0. The summed E-state index contributed by atoms with van der Waals surface area (Å²) in [6.45, 7) is 0. The third-order valence-corrected chi connectivity index (χ3v) is 5.44. The van der Waals surface area contributed by atoms with Crippen LogP contribution in [0, 0.1) is 10.1 Å². The number of nitrogens with zero attached hydrogens (tertiary/aromatic N) is 1. The van der Waals surface area contributed by atoms with E-state index in [2.05, 4.69) is 4.72 Å². The van der Waals surface area contributed by atoms with Crippen LogP contribution in [0.3, 0.4) is 0 Å². The molecule has 0 bridgehead atoms. The van der Waals surface area contributed by atoms with Gasteiger partial charge in [-0.25, -0.2) is 8.42 Å². The Hall–Kier alpha value is -3.23. The molecule has 0 saturated carbocycles. The summed E-state index contributed by atoms with van der Waals surface area (Å²) in [5, 5.41) is 11.2. The van der Waals surface area contributed by atoms with Crippen LogP contribution in [0.15, 0.2) is 77.7 Å². The van der Waals surface area contributed by atoms with Gasteiger partial charge in [-0.1, -0.05) is 48.0 Å². The Labute approximate surface area is 165 Å². The zero-order chi connectivity index (χ0) is 20.3. The first kappa shape index (κ1) is 19.5. The van der Waals surface area contributed by atoms with Crippen molar-refractivity contribution in [2.24, 2.45) is 0 Å². The number of nitrogens with one attached hydrogen (secondary N) is 1. The Morgan fingerprint density at radius 2 is 1.68 bits per heavy atom. The first-order chi connectivity index (χ1) is 13.3. The molecule has 0 aliphatic carbocycles. The number of halogens is 1. The SMILES string of the molecule is O=C(c1ccccc1)c1cc(Cl)ccc1NS(=O)(=O)c1cccc([N+](=O)[O-])c1. The maximum Gasteiger partial charge on any atom is 0.270 e. The Bertz CT molecular complexity index is 1160. The van der Waals surface area contributed by atoms with Crippen molar-refractivity contribution >= 4 is 38.8 Å². The van der Waals surface area contributed by atoms with Crippen LogP contribution in [0.4, 0.5) is 11.4 Å². The maximum absolute atomic E-state index is 12.8. The van der Waals surface area contributed by atoms with Gasteiger partial charge in [0.1, 0.15) is 0 Å². The van der Waals surface area contributed by atoms with Crippen LogP contribution in [0.1, 0.15) is 15.9 Å². The summed E-state index contributed by atoms with van der Waals surface area (Å²) in [7, 11) is -4.17. The van der Waals surface area contributed by atoms with E-state index in [1.54, 1.807) is 30.3 Å². The predicted molar refractivity (Wildman–Crippen MR) is 105 cm³/mol. The number of sulfonamides is 1. The molecule has 0 saturated heterocycles. The van der Waals surface area contributed by atoms with Gasteiger partial charge in [0.15, 0.2) is 5.78 Å². The van der Waals surface area contributed by atoms with Gasteiger partial charge in [0.25, 0.3) is 15.7 Å². The number of ketones is 1. The molecule has 0 aliphatic heterocycles. The average Bonchev–Trinajstić information content (AvgIpc) is 2.69. The van der Waals surface area contributed by atoms with E-state index in [9.17, 15) is 23.3 Å². The number of anilines is 1. The lowest BCUT2D eigenvalue weighted by molar-refractivity contribution is -0.385. The van der Waals surface area contributed by atoms with E-state index in [-0.39, 0.29) is 26.9 Å². The molecule has 3 rings (SSSR count). The summed E-state index contributed by atoms with van der Waals surface area (Å²) < 4.78 is 27.7. The van der Waals surface area contributed by atoms with E-state index in [1.165, 1.54) is 36.4 Å². The monoisotopic (exact) mass is 416 g/mol. The Morgan fingerprint density at radius 3 is 2.36 bits per heavy atom. The highest BCUT2D eigenvalue weighted by atomic mass is 35.5. The Kier molecular flexibility index (Phi) is 5.43. The minimum absolute atomic E-state index is 0.0183. The predicted octanol–water partition coefficient (Wildman–Crippen LogP) is 4.28. The number of carbonyl (C=O) groups is 1. The molecule has 7 nitrogen and oxygen atoms in total. The molecule has 28 heavy (non-hydrogen) atoms. The highest BCUT2D eigenvalue weighted by molar-refractivity contribution is 7.92. The van der Waals surface area contributed by atoms with Gasteiger partial charge in [0, 0.05) is 28.3 Å². The van der Waals surface area contributed by atoms with Crippen molar-refractivity contribution in [3.05, 3.63) is 99.1 Å². The fourth-order valence-corrected chi connectivity index (χ4v) is 3.80. The van der Waals surface area contributed by atoms with Crippen molar-refractivity contribution in [1.29, 1.82) is 0 Å². The summed E-state index contributed by atoms with van der Waals surface area (Å²) in [5.41, 5.74) is 0.0811.